The van der Waals surface area contributed by atoms with Crippen LogP contribution in [0.2, 0.25) is 10.0 Å². The summed E-state index contributed by atoms with van der Waals surface area (Å²) in [6, 6.07) is 10.5. The summed E-state index contributed by atoms with van der Waals surface area (Å²) in [6.07, 6.45) is 2.36. The van der Waals surface area contributed by atoms with Crippen molar-refractivity contribution in [2.75, 3.05) is 5.32 Å². The van der Waals surface area contributed by atoms with Crippen LogP contribution in [-0.4, -0.2) is 23.1 Å². The normalized spacial score (nSPS) is 11.1. The number of benzene rings is 1. The van der Waals surface area contributed by atoms with Gasteiger partial charge in [-0.1, -0.05) is 29.3 Å². The number of pyridine rings is 1. The van der Waals surface area contributed by atoms with E-state index in [0.29, 0.717) is 47.9 Å². The number of rotatable bonds is 5. The average molecular weight is 457 g/mol. The van der Waals surface area contributed by atoms with Crippen LogP contribution in [0.3, 0.4) is 0 Å². The molecule has 0 saturated heterocycles. The molecule has 1 amide bonds. The maximum atomic E-state index is 11.4. The van der Waals surface area contributed by atoms with Crippen LogP contribution in [-0.2, 0) is 4.79 Å². The molecule has 0 spiro atoms. The Balaban J connectivity index is 2.31. The van der Waals surface area contributed by atoms with Gasteiger partial charge in [-0.25, -0.2) is 9.98 Å². The largest absolute Gasteiger partial charge is 0.382 e. The van der Waals surface area contributed by atoms with Gasteiger partial charge in [0, 0.05) is 34.3 Å². The molecule has 30 heavy (non-hydrogen) atoms. The number of anilines is 1. The van der Waals surface area contributed by atoms with E-state index >= 15 is 0 Å². The van der Waals surface area contributed by atoms with Crippen LogP contribution in [0.25, 0.3) is 21.6 Å². The number of hydrogen-bond donors (Lipinski definition) is 3. The highest BCUT2D eigenvalue weighted by molar-refractivity contribution is 7.18. The fraction of sp³-hybridized carbons (Fsp3) is 0.0500. The molecule has 0 aliphatic rings. The topological polar surface area (TPSA) is 128 Å². The molecule has 0 unspecified atom stereocenters. The van der Waals surface area contributed by atoms with E-state index in [1.807, 2.05) is 0 Å². The van der Waals surface area contributed by atoms with E-state index in [1.54, 1.807) is 30.3 Å². The Morgan fingerprint density at radius 2 is 2.13 bits per heavy atom. The van der Waals surface area contributed by atoms with Gasteiger partial charge in [0.25, 0.3) is 0 Å². The first-order valence-electron chi connectivity index (χ1n) is 8.44. The average Bonchev–Trinajstić information content (AvgIpc) is 3.07. The number of thiophene rings is 1. The summed E-state index contributed by atoms with van der Waals surface area (Å²) < 4.78 is 0. The summed E-state index contributed by atoms with van der Waals surface area (Å²) >= 11 is 13.7. The first-order valence-corrected chi connectivity index (χ1v) is 10.0. The van der Waals surface area contributed by atoms with Crippen molar-refractivity contribution in [2.24, 2.45) is 10.7 Å². The van der Waals surface area contributed by atoms with Crippen LogP contribution in [0.5, 0.6) is 0 Å². The molecule has 2 aromatic heterocycles. The van der Waals surface area contributed by atoms with Gasteiger partial charge in [-0.3, -0.25) is 10.2 Å². The van der Waals surface area contributed by atoms with E-state index in [2.05, 4.69) is 21.4 Å². The van der Waals surface area contributed by atoms with Crippen molar-refractivity contribution >= 4 is 58.4 Å². The number of aromatic nitrogens is 1. The van der Waals surface area contributed by atoms with Crippen molar-refractivity contribution < 1.29 is 4.79 Å². The minimum absolute atomic E-state index is 0.0786. The molecule has 10 heteroatoms. The summed E-state index contributed by atoms with van der Waals surface area (Å²) in [5, 5.41) is 20.7. The minimum Gasteiger partial charge on any atom is -0.382 e. The molecule has 1 aromatic carbocycles. The van der Waals surface area contributed by atoms with Crippen LogP contribution in [0, 0.1) is 16.7 Å². The number of halogens is 2. The number of carbonyl (C=O) groups is 1. The molecular formula is C20H14Cl2N6OS. The van der Waals surface area contributed by atoms with E-state index in [-0.39, 0.29) is 11.7 Å². The predicted octanol–water partition coefficient (Wildman–Crippen LogP) is 4.93. The van der Waals surface area contributed by atoms with Gasteiger partial charge in [0.2, 0.25) is 5.91 Å². The van der Waals surface area contributed by atoms with Gasteiger partial charge in [-0.05, 0) is 29.8 Å². The predicted molar refractivity (Wildman–Crippen MR) is 122 cm³/mol. The number of nitriles is 1. The first kappa shape index (κ1) is 21.5. The Morgan fingerprint density at radius 3 is 2.77 bits per heavy atom. The number of nitrogens with one attached hydrogen (secondary N) is 2. The van der Waals surface area contributed by atoms with Gasteiger partial charge in [0.1, 0.15) is 24.1 Å². The quantitative estimate of drug-likeness (QED) is 0.371. The minimum atomic E-state index is -0.261. The lowest BCUT2D eigenvalue weighted by Gasteiger charge is -2.07. The molecule has 3 aromatic rings. The van der Waals surface area contributed by atoms with Crippen LogP contribution in [0.15, 0.2) is 41.5 Å². The van der Waals surface area contributed by atoms with Crippen LogP contribution >= 0.6 is 34.5 Å². The number of amides is 1. The van der Waals surface area contributed by atoms with Gasteiger partial charge in [0.15, 0.2) is 0 Å². The Kier molecular flexibility index (Phi) is 6.47. The molecule has 150 valence electrons. The van der Waals surface area contributed by atoms with Crippen molar-refractivity contribution in [3.8, 4) is 27.6 Å². The highest BCUT2D eigenvalue weighted by Crippen LogP contribution is 2.44. The van der Waals surface area contributed by atoms with Crippen molar-refractivity contribution in [2.45, 2.75) is 6.92 Å². The highest BCUT2D eigenvalue weighted by Gasteiger charge is 2.24. The molecule has 0 radical (unpaired) electrons. The van der Waals surface area contributed by atoms with E-state index in [4.69, 9.17) is 34.3 Å². The second-order valence-electron chi connectivity index (χ2n) is 6.00. The fourth-order valence-electron chi connectivity index (χ4n) is 2.82. The Bertz CT molecular complexity index is 1230. The van der Waals surface area contributed by atoms with Crippen LogP contribution in [0.4, 0.5) is 5.82 Å². The van der Waals surface area contributed by atoms with Gasteiger partial charge >= 0.3 is 0 Å². The number of carbonyl (C=O) groups excluding carboxylic acids is 1. The lowest BCUT2D eigenvalue weighted by Crippen LogP contribution is -2.12. The molecule has 0 aliphatic carbocycles. The Morgan fingerprint density at radius 1 is 1.37 bits per heavy atom. The molecule has 3 rings (SSSR count). The number of nitrogens with zero attached hydrogens (tertiary/aromatic N) is 3. The summed E-state index contributed by atoms with van der Waals surface area (Å²) in [6.45, 7) is 1.38. The smallest absolute Gasteiger partial charge is 0.222 e. The van der Waals surface area contributed by atoms with Gasteiger partial charge in [0.05, 0.1) is 15.3 Å². The Labute approximate surface area is 186 Å². The maximum absolute atomic E-state index is 11.4. The molecule has 0 saturated carbocycles. The third-order valence-corrected chi connectivity index (χ3v) is 5.79. The first-order chi connectivity index (χ1) is 14.3. The third kappa shape index (κ3) is 4.33. The highest BCUT2D eigenvalue weighted by atomic mass is 35.5. The number of nitrogens with two attached hydrogens (primary N) is 1. The zero-order chi connectivity index (χ0) is 21.8. The zero-order valence-corrected chi connectivity index (χ0v) is 17.9. The molecule has 4 N–H and O–H groups in total. The van der Waals surface area contributed by atoms with Crippen molar-refractivity contribution in [3.63, 3.8) is 0 Å². The monoisotopic (exact) mass is 456 g/mol. The molecule has 0 fully saturated rings. The van der Waals surface area contributed by atoms with E-state index < -0.39 is 0 Å². The van der Waals surface area contributed by atoms with Crippen molar-refractivity contribution in [1.82, 2.24) is 4.98 Å². The summed E-state index contributed by atoms with van der Waals surface area (Å²) in [4.78, 5) is 20.4. The molecule has 0 bridgehead atoms. The molecule has 0 aliphatic heterocycles. The number of aliphatic imine (C=N–C) groups is 1. The van der Waals surface area contributed by atoms with Gasteiger partial charge < -0.3 is 11.1 Å². The molecular weight excluding hydrogens is 443 g/mol. The standard InChI is InChI=1S/C20H14Cl2N6OS/c1-10(29)28-16-6-11(4-5-26-16)18-14(8-23)17(19(30-18)20(25)27-9-24)13-3-2-12(21)7-15(13)22/h2-7,9H,1H3,(H3,24,25,27)(H,26,28,29). The number of hydrogen-bond acceptors (Lipinski definition) is 5. The van der Waals surface area contributed by atoms with Crippen LogP contribution in [0.1, 0.15) is 17.4 Å². The number of amidine groups is 1. The summed E-state index contributed by atoms with van der Waals surface area (Å²) in [5.41, 5.74) is 8.16. The van der Waals surface area contributed by atoms with Crippen LogP contribution < -0.4 is 11.1 Å². The second kappa shape index (κ2) is 9.05. The van der Waals surface area contributed by atoms with Crippen molar-refractivity contribution in [3.05, 3.63) is 57.0 Å². The van der Waals surface area contributed by atoms with Gasteiger partial charge in [-0.2, -0.15) is 5.26 Å². The molecule has 0 atom stereocenters. The lowest BCUT2D eigenvalue weighted by atomic mass is 9.98. The lowest BCUT2D eigenvalue weighted by molar-refractivity contribution is -0.114. The zero-order valence-electron chi connectivity index (χ0n) is 15.5. The summed E-state index contributed by atoms with van der Waals surface area (Å²) in [5.74, 6) is 0.170. The van der Waals surface area contributed by atoms with E-state index in [9.17, 15) is 10.1 Å². The Hall–Kier alpha value is -3.25. The van der Waals surface area contributed by atoms with E-state index in [1.165, 1.54) is 24.5 Å². The summed E-state index contributed by atoms with van der Waals surface area (Å²) in [7, 11) is 0. The molecule has 7 nitrogen and oxygen atoms in total. The second-order valence-corrected chi connectivity index (χ2v) is 7.86. The third-order valence-electron chi connectivity index (χ3n) is 3.98. The van der Waals surface area contributed by atoms with Crippen molar-refractivity contribution in [1.29, 1.82) is 10.7 Å². The van der Waals surface area contributed by atoms with Gasteiger partial charge in [-0.15, -0.1) is 11.3 Å². The fourth-order valence-corrected chi connectivity index (χ4v) is 4.49. The molecule has 2 heterocycles. The van der Waals surface area contributed by atoms with E-state index in [0.717, 1.165) is 6.34 Å². The SMILES string of the molecule is CC(=O)Nc1cc(-c2sc(C(N)=NC=N)c(-c3ccc(Cl)cc3Cl)c2C#N)ccn1. The maximum Gasteiger partial charge on any atom is 0.222 e.